The molecule has 3 N–H and O–H groups in total. The van der Waals surface area contributed by atoms with Crippen molar-refractivity contribution in [1.29, 1.82) is 0 Å². The smallest absolute Gasteiger partial charge is 0.255 e. The zero-order valence-electron chi connectivity index (χ0n) is 30.6. The quantitative estimate of drug-likeness (QED) is 0.248. The summed E-state index contributed by atoms with van der Waals surface area (Å²) >= 11 is 0. The fourth-order valence-corrected chi connectivity index (χ4v) is 5.76. The van der Waals surface area contributed by atoms with Crippen molar-refractivity contribution in [3.8, 4) is 0 Å². The van der Waals surface area contributed by atoms with E-state index in [4.69, 9.17) is 15.3 Å². The van der Waals surface area contributed by atoms with Crippen molar-refractivity contribution in [2.75, 3.05) is 0 Å². The van der Waals surface area contributed by atoms with Crippen molar-refractivity contribution in [2.24, 2.45) is 0 Å². The molecule has 3 rings (SSSR count). The van der Waals surface area contributed by atoms with Crippen molar-refractivity contribution in [1.82, 2.24) is 30.6 Å². The molecule has 11 heteroatoms. The van der Waals surface area contributed by atoms with Crippen molar-refractivity contribution in [3.05, 3.63) is 34.2 Å². The molecule has 3 aromatic heterocycles. The normalized spacial score (nSPS) is 13.0. The van der Waals surface area contributed by atoms with Gasteiger partial charge in [0.05, 0.1) is 17.1 Å². The average Bonchev–Trinajstić information content (AvgIpc) is 3.42. The van der Waals surface area contributed by atoms with Gasteiger partial charge in [-0.05, 0) is 16.4 Å². The first kappa shape index (κ1) is 45.4. The molecule has 0 spiro atoms. The van der Waals surface area contributed by atoms with Gasteiger partial charge in [-0.1, -0.05) is 125 Å². The Bertz CT molecular complexity index is 1100. The van der Waals surface area contributed by atoms with Gasteiger partial charge in [0, 0.05) is 71.3 Å². The Morgan fingerprint density at radius 1 is 0.364 bits per heavy atom. The van der Waals surface area contributed by atoms with Gasteiger partial charge in [-0.2, -0.15) is 15.3 Å². The number of hydrogen-bond donors (Lipinski definition) is 3. The Labute approximate surface area is 302 Å². The second kappa shape index (κ2) is 14.2. The molecule has 0 aliphatic carbocycles. The molecule has 0 unspecified atom stereocenters. The van der Waals surface area contributed by atoms with E-state index in [1.54, 1.807) is 0 Å². The van der Waals surface area contributed by atoms with Crippen LogP contribution in [0, 0.1) is 0 Å². The zero-order valence-corrected chi connectivity index (χ0v) is 34.7. The molecular weight excluding hydrogens is 645 g/mol. The van der Waals surface area contributed by atoms with Crippen LogP contribution in [0.3, 0.4) is 0 Å². The van der Waals surface area contributed by atoms with Crippen LogP contribution in [0.15, 0.2) is 0 Å². The molecule has 3 heterocycles. The molecule has 0 aliphatic heterocycles. The molecule has 0 aromatic carbocycles. The molecule has 0 bridgehead atoms. The van der Waals surface area contributed by atoms with Crippen molar-refractivity contribution >= 4 is 60.3 Å². The molecule has 3 aromatic rings. The summed E-state index contributed by atoms with van der Waals surface area (Å²) in [6.07, 6.45) is 0. The second-order valence-electron chi connectivity index (χ2n) is 18.0. The summed E-state index contributed by atoms with van der Waals surface area (Å²) in [5.41, 5.74) is 9.63. The van der Waals surface area contributed by atoms with Crippen molar-refractivity contribution in [3.63, 3.8) is 0 Å². The molecule has 250 valence electrons. The van der Waals surface area contributed by atoms with Crippen LogP contribution in [0.5, 0.6) is 0 Å². The van der Waals surface area contributed by atoms with Crippen molar-refractivity contribution in [2.45, 2.75) is 157 Å². The van der Waals surface area contributed by atoms with Crippen LogP contribution >= 0.6 is 37.2 Å². The van der Waals surface area contributed by atoms with Gasteiger partial charge in [-0.3, -0.25) is 15.3 Å². The molecule has 0 amide bonds. The summed E-state index contributed by atoms with van der Waals surface area (Å²) in [4.78, 5) is 0. The summed E-state index contributed by atoms with van der Waals surface area (Å²) in [6.45, 7) is 40.8. The largest absolute Gasteiger partial charge is 0.282 e. The third-order valence-corrected chi connectivity index (χ3v) is 7.66. The number of H-pyrrole nitrogens is 3. The van der Waals surface area contributed by atoms with E-state index in [2.05, 4.69) is 140 Å². The summed E-state index contributed by atoms with van der Waals surface area (Å²) in [5, 5.41) is 25.9. The van der Waals surface area contributed by atoms with Gasteiger partial charge in [-0.25, -0.2) is 0 Å². The summed E-state index contributed by atoms with van der Waals surface area (Å²) < 4.78 is 0. The van der Waals surface area contributed by atoms with Crippen LogP contribution in [0.4, 0.5) is 0 Å². The standard InChI is InChI=1S/C33H57BN6.3ClH.Ti/c1-28(2,3)22-19(23(36-35-22)29(4,5)6)34(20-24(30(7,8)9)37-38-25(20)31(10,11)12)21-26(32(13,14)15)39-40-27(21)33(16,17)18;;;;/h1-18H3,(H,35,36)(H,37,38)(H,39,40);3*1H;. The van der Waals surface area contributed by atoms with Crippen LogP contribution in [-0.2, 0) is 54.2 Å². The number of rotatable bonds is 3. The molecule has 0 fully saturated rings. The zero-order chi connectivity index (χ0) is 31.0. The SMILES string of the molecule is CC(C)(C)c1n[nH]c(C(C)(C)C)c1B(c1c(C(C)(C)C)n[nH]c1C(C)(C)C)c1c(C(C)(C)C)n[nH]c1C(C)(C)C.Cl.Cl.Cl.[Ti]. The van der Waals surface area contributed by atoms with Gasteiger partial charge in [0.25, 0.3) is 6.71 Å². The van der Waals surface area contributed by atoms with E-state index in [1.807, 2.05) is 0 Å². The fourth-order valence-electron chi connectivity index (χ4n) is 5.76. The first-order chi connectivity index (χ1) is 17.7. The van der Waals surface area contributed by atoms with E-state index in [9.17, 15) is 0 Å². The minimum Gasteiger partial charge on any atom is -0.282 e. The second-order valence-corrected chi connectivity index (χ2v) is 18.0. The molecule has 0 atom stereocenters. The van der Waals surface area contributed by atoms with Crippen LogP contribution in [0.2, 0.25) is 0 Å². The van der Waals surface area contributed by atoms with Gasteiger partial charge >= 0.3 is 0 Å². The maximum atomic E-state index is 5.08. The summed E-state index contributed by atoms with van der Waals surface area (Å²) in [6, 6.07) is 0. The number of aromatic amines is 3. The molecule has 0 saturated carbocycles. The summed E-state index contributed by atoms with van der Waals surface area (Å²) in [5.74, 6) is 0. The number of nitrogens with one attached hydrogen (secondary N) is 3. The molecule has 0 aliphatic rings. The van der Waals surface area contributed by atoms with E-state index in [0.717, 1.165) is 17.1 Å². The van der Waals surface area contributed by atoms with Crippen LogP contribution in [0.25, 0.3) is 0 Å². The maximum Gasteiger partial charge on any atom is 0.255 e. The molecule has 6 nitrogen and oxygen atoms in total. The molecule has 44 heavy (non-hydrogen) atoms. The third-order valence-electron chi connectivity index (χ3n) is 7.66. The van der Waals surface area contributed by atoms with E-state index >= 15 is 0 Å². The predicted octanol–water partition coefficient (Wildman–Crippen LogP) is 7.42. The monoisotopic (exact) mass is 704 g/mol. The molecule has 0 radical (unpaired) electrons. The third kappa shape index (κ3) is 9.00. The first-order valence-electron chi connectivity index (χ1n) is 15.0. The molecular formula is C33H60BCl3N6Ti. The minimum atomic E-state index is -0.172. The summed E-state index contributed by atoms with van der Waals surface area (Å²) in [7, 11) is 0. The van der Waals surface area contributed by atoms with Crippen LogP contribution in [-0.4, -0.2) is 37.3 Å². The number of halogens is 3. The number of hydrogen-bond acceptors (Lipinski definition) is 3. The van der Waals surface area contributed by atoms with E-state index in [0.29, 0.717) is 0 Å². The first-order valence-corrected chi connectivity index (χ1v) is 15.0. The Balaban J connectivity index is 0. The van der Waals surface area contributed by atoms with Gasteiger partial charge in [0.15, 0.2) is 0 Å². The molecule has 0 saturated heterocycles. The minimum absolute atomic E-state index is 0. The van der Waals surface area contributed by atoms with Crippen LogP contribution in [0.1, 0.15) is 159 Å². The number of nitrogens with zero attached hydrogens (tertiary/aromatic N) is 3. The topological polar surface area (TPSA) is 86.0 Å². The Hall–Kier alpha value is -0.721. The van der Waals surface area contributed by atoms with Gasteiger partial charge < -0.3 is 0 Å². The predicted molar refractivity (Wildman–Crippen MR) is 194 cm³/mol. The van der Waals surface area contributed by atoms with Gasteiger partial charge in [-0.15, -0.1) is 37.2 Å². The fraction of sp³-hybridized carbons (Fsp3) is 0.727. The van der Waals surface area contributed by atoms with Crippen molar-refractivity contribution < 1.29 is 21.7 Å². The Morgan fingerprint density at radius 3 is 0.682 bits per heavy atom. The number of aromatic nitrogens is 6. The maximum absolute atomic E-state index is 5.08. The van der Waals surface area contributed by atoms with E-state index in [1.165, 1.54) is 33.5 Å². The van der Waals surface area contributed by atoms with Gasteiger partial charge in [0.2, 0.25) is 0 Å². The Kier molecular flexibility index (Phi) is 14.6. The van der Waals surface area contributed by atoms with Crippen LogP contribution < -0.4 is 16.4 Å². The average molecular weight is 706 g/mol. The van der Waals surface area contributed by atoms with E-state index < -0.39 is 0 Å². The van der Waals surface area contributed by atoms with Gasteiger partial charge in [0.1, 0.15) is 0 Å². The van der Waals surface area contributed by atoms with E-state index in [-0.39, 0.29) is 98.1 Å². The Morgan fingerprint density at radius 2 is 0.545 bits per heavy atom.